The Labute approximate surface area is 116 Å². The van der Waals surface area contributed by atoms with E-state index in [4.69, 9.17) is 11.6 Å². The molecule has 1 atom stereocenters. The van der Waals surface area contributed by atoms with Crippen LogP contribution in [0.4, 0.5) is 0 Å². The Kier molecular flexibility index (Phi) is 3.99. The van der Waals surface area contributed by atoms with Crippen molar-refractivity contribution in [3.05, 3.63) is 23.2 Å². The smallest absolute Gasteiger partial charge is 0.274 e. The van der Waals surface area contributed by atoms with Crippen molar-refractivity contribution in [2.24, 2.45) is 0 Å². The molecule has 19 heavy (non-hydrogen) atoms. The van der Waals surface area contributed by atoms with Gasteiger partial charge in [-0.25, -0.2) is 4.98 Å². The Morgan fingerprint density at radius 1 is 1.42 bits per heavy atom. The van der Waals surface area contributed by atoms with Gasteiger partial charge in [0.2, 0.25) is 5.91 Å². The normalized spacial score (nSPS) is 18.5. The summed E-state index contributed by atoms with van der Waals surface area (Å²) in [5, 5.41) is 0.167. The highest BCUT2D eigenvalue weighted by Crippen LogP contribution is 2.21. The van der Waals surface area contributed by atoms with E-state index in [1.165, 1.54) is 17.3 Å². The van der Waals surface area contributed by atoms with E-state index in [-0.39, 0.29) is 22.7 Å². The zero-order valence-corrected chi connectivity index (χ0v) is 11.6. The maximum absolute atomic E-state index is 12.3. The maximum atomic E-state index is 12.3. The van der Waals surface area contributed by atoms with E-state index >= 15 is 0 Å². The van der Waals surface area contributed by atoms with Crippen molar-refractivity contribution in [1.29, 1.82) is 0 Å². The molecule has 1 aliphatic heterocycles. The molecule has 0 spiro atoms. The van der Waals surface area contributed by atoms with Crippen molar-refractivity contribution < 1.29 is 9.59 Å². The fourth-order valence-corrected chi connectivity index (χ4v) is 2.30. The van der Waals surface area contributed by atoms with Gasteiger partial charge in [-0.1, -0.05) is 11.6 Å². The molecule has 0 aliphatic carbocycles. The molecule has 7 heteroatoms. The maximum Gasteiger partial charge on any atom is 0.274 e. The molecule has 0 N–H and O–H groups in total. The van der Waals surface area contributed by atoms with Gasteiger partial charge in [-0.05, 0) is 12.8 Å². The number of halogens is 1. The van der Waals surface area contributed by atoms with E-state index in [9.17, 15) is 9.59 Å². The van der Waals surface area contributed by atoms with E-state index in [0.29, 0.717) is 13.0 Å². The summed E-state index contributed by atoms with van der Waals surface area (Å²) < 4.78 is 0. The van der Waals surface area contributed by atoms with Crippen LogP contribution in [0.5, 0.6) is 0 Å². The molecule has 0 aromatic carbocycles. The molecule has 2 amide bonds. The van der Waals surface area contributed by atoms with Gasteiger partial charge < -0.3 is 9.80 Å². The summed E-state index contributed by atoms with van der Waals surface area (Å²) in [6.07, 6.45) is 4.22. The lowest BCUT2D eigenvalue weighted by Crippen LogP contribution is -2.45. The first-order chi connectivity index (χ1) is 9.00. The number of rotatable bonds is 2. The summed E-state index contributed by atoms with van der Waals surface area (Å²) in [5.74, 6) is -0.367. The number of hydrogen-bond acceptors (Lipinski definition) is 4. The molecule has 1 unspecified atom stereocenters. The SMILES string of the molecule is CN(C)C(=O)C1CCCN1C(=O)c1cncc(Cl)n1. The second-order valence-electron chi connectivity index (χ2n) is 4.62. The molecule has 0 saturated carbocycles. The van der Waals surface area contributed by atoms with Crippen molar-refractivity contribution in [3.63, 3.8) is 0 Å². The van der Waals surface area contributed by atoms with E-state index in [1.54, 1.807) is 19.0 Å². The topological polar surface area (TPSA) is 66.4 Å². The fourth-order valence-electron chi connectivity index (χ4n) is 2.16. The molecule has 0 radical (unpaired) electrons. The van der Waals surface area contributed by atoms with Gasteiger partial charge in [-0.15, -0.1) is 0 Å². The summed E-state index contributed by atoms with van der Waals surface area (Å²) in [4.78, 5) is 35.2. The Morgan fingerprint density at radius 2 is 2.16 bits per heavy atom. The third-order valence-electron chi connectivity index (χ3n) is 3.06. The largest absolute Gasteiger partial charge is 0.347 e. The monoisotopic (exact) mass is 282 g/mol. The van der Waals surface area contributed by atoms with Gasteiger partial charge >= 0.3 is 0 Å². The van der Waals surface area contributed by atoms with Crippen LogP contribution in [0.1, 0.15) is 23.3 Å². The summed E-state index contributed by atoms with van der Waals surface area (Å²) >= 11 is 5.73. The number of aromatic nitrogens is 2. The Hall–Kier alpha value is -1.69. The molecule has 2 heterocycles. The number of nitrogens with zero attached hydrogens (tertiary/aromatic N) is 4. The van der Waals surface area contributed by atoms with Gasteiger partial charge in [0.15, 0.2) is 0 Å². The zero-order chi connectivity index (χ0) is 14.0. The van der Waals surface area contributed by atoms with Crippen molar-refractivity contribution in [2.45, 2.75) is 18.9 Å². The van der Waals surface area contributed by atoms with Gasteiger partial charge in [0.25, 0.3) is 5.91 Å². The number of amides is 2. The Balaban J connectivity index is 2.21. The minimum atomic E-state index is -0.414. The average molecular weight is 283 g/mol. The number of likely N-dealkylation sites (N-methyl/N-ethyl adjacent to an activating group) is 1. The van der Waals surface area contributed by atoms with Gasteiger partial charge in [-0.2, -0.15) is 0 Å². The average Bonchev–Trinajstić information content (AvgIpc) is 2.85. The highest BCUT2D eigenvalue weighted by Gasteiger charge is 2.35. The summed E-state index contributed by atoms with van der Waals surface area (Å²) in [6, 6.07) is -0.414. The lowest BCUT2D eigenvalue weighted by atomic mass is 10.2. The van der Waals surface area contributed by atoms with Crippen molar-refractivity contribution in [2.75, 3.05) is 20.6 Å². The van der Waals surface area contributed by atoms with Crippen LogP contribution >= 0.6 is 11.6 Å². The van der Waals surface area contributed by atoms with E-state index in [1.807, 2.05) is 0 Å². The Bertz CT molecular complexity index is 506. The van der Waals surface area contributed by atoms with Crippen LogP contribution in [0.3, 0.4) is 0 Å². The van der Waals surface area contributed by atoms with Crippen LogP contribution in [0.25, 0.3) is 0 Å². The van der Waals surface area contributed by atoms with Gasteiger partial charge in [0, 0.05) is 20.6 Å². The molecule has 1 saturated heterocycles. The van der Waals surface area contributed by atoms with E-state index < -0.39 is 6.04 Å². The van der Waals surface area contributed by atoms with Gasteiger partial charge in [0.1, 0.15) is 16.9 Å². The molecule has 1 fully saturated rings. The molecular formula is C12H15ClN4O2. The quantitative estimate of drug-likeness (QED) is 0.806. The second-order valence-corrected chi connectivity index (χ2v) is 5.00. The van der Waals surface area contributed by atoms with Crippen molar-refractivity contribution >= 4 is 23.4 Å². The lowest BCUT2D eigenvalue weighted by Gasteiger charge is -2.25. The van der Waals surface area contributed by atoms with E-state index in [2.05, 4.69) is 9.97 Å². The molecule has 2 rings (SSSR count). The summed E-state index contributed by atoms with van der Waals surface area (Å²) in [5.41, 5.74) is 0.172. The van der Waals surface area contributed by atoms with Crippen LogP contribution in [0.2, 0.25) is 5.15 Å². The number of carbonyl (C=O) groups is 2. The molecule has 6 nitrogen and oxygen atoms in total. The minimum absolute atomic E-state index is 0.0687. The fraction of sp³-hybridized carbons (Fsp3) is 0.500. The van der Waals surface area contributed by atoms with E-state index in [0.717, 1.165) is 6.42 Å². The number of carbonyl (C=O) groups excluding carboxylic acids is 2. The highest BCUT2D eigenvalue weighted by molar-refractivity contribution is 6.29. The van der Waals surface area contributed by atoms with Gasteiger partial charge in [0.05, 0.1) is 12.4 Å². The first-order valence-corrected chi connectivity index (χ1v) is 6.38. The van der Waals surface area contributed by atoms with Gasteiger partial charge in [-0.3, -0.25) is 14.6 Å². The molecule has 1 aromatic heterocycles. The first kappa shape index (κ1) is 13.7. The van der Waals surface area contributed by atoms with Crippen LogP contribution < -0.4 is 0 Å². The van der Waals surface area contributed by atoms with Crippen LogP contribution in [-0.2, 0) is 4.79 Å². The third-order valence-corrected chi connectivity index (χ3v) is 3.25. The predicted molar refractivity (Wildman–Crippen MR) is 69.8 cm³/mol. The van der Waals surface area contributed by atoms with Crippen LogP contribution in [-0.4, -0.2) is 58.3 Å². The molecule has 1 aliphatic rings. The standard InChI is InChI=1S/C12H15ClN4O2/c1-16(2)12(19)9-4-3-5-17(9)11(18)8-6-14-7-10(13)15-8/h6-7,9H,3-5H2,1-2H3. The predicted octanol–water partition coefficient (Wildman–Crippen LogP) is 0.823. The zero-order valence-electron chi connectivity index (χ0n) is 10.8. The highest BCUT2D eigenvalue weighted by atomic mass is 35.5. The molecule has 0 bridgehead atoms. The lowest BCUT2D eigenvalue weighted by molar-refractivity contribution is -0.132. The third kappa shape index (κ3) is 2.84. The number of likely N-dealkylation sites (tertiary alicyclic amines) is 1. The summed E-state index contributed by atoms with van der Waals surface area (Å²) in [7, 11) is 3.37. The molecular weight excluding hydrogens is 268 g/mol. The summed E-state index contributed by atoms with van der Waals surface area (Å²) in [6.45, 7) is 0.553. The van der Waals surface area contributed by atoms with Crippen molar-refractivity contribution in [1.82, 2.24) is 19.8 Å². The van der Waals surface area contributed by atoms with Crippen LogP contribution in [0, 0.1) is 0 Å². The Morgan fingerprint density at radius 3 is 2.79 bits per heavy atom. The first-order valence-electron chi connectivity index (χ1n) is 6.00. The second kappa shape index (κ2) is 5.52. The number of hydrogen-bond donors (Lipinski definition) is 0. The van der Waals surface area contributed by atoms with Crippen LogP contribution in [0.15, 0.2) is 12.4 Å². The minimum Gasteiger partial charge on any atom is -0.347 e. The molecule has 1 aromatic rings. The van der Waals surface area contributed by atoms with Crippen molar-refractivity contribution in [3.8, 4) is 0 Å². The molecule has 102 valence electrons.